The Kier molecular flexibility index (Phi) is 3.88. The molecule has 2 nitrogen and oxygen atoms in total. The van der Waals surface area contributed by atoms with E-state index in [2.05, 4.69) is 6.07 Å². The van der Waals surface area contributed by atoms with E-state index in [1.165, 1.54) is 4.88 Å². The van der Waals surface area contributed by atoms with Crippen LogP contribution in [0, 0.1) is 0 Å². The van der Waals surface area contributed by atoms with Crippen LogP contribution in [0.5, 0.6) is 11.5 Å². The summed E-state index contributed by atoms with van der Waals surface area (Å²) >= 11 is 1.69. The highest BCUT2D eigenvalue weighted by Gasteiger charge is 1.99. The first-order valence-electron chi connectivity index (χ1n) is 5.09. The molecule has 4 heteroatoms. The highest BCUT2D eigenvalue weighted by atomic mass is 32.1. The van der Waals surface area contributed by atoms with Crippen molar-refractivity contribution in [1.29, 1.82) is 0 Å². The van der Waals surface area contributed by atoms with Crippen LogP contribution in [-0.2, 0) is 0 Å². The van der Waals surface area contributed by atoms with Gasteiger partial charge < -0.3 is 9.39 Å². The van der Waals surface area contributed by atoms with Crippen LogP contribution in [0.3, 0.4) is 0 Å². The van der Waals surface area contributed by atoms with Crippen LogP contribution >= 0.6 is 11.3 Å². The molecule has 0 unspecified atom stereocenters. The van der Waals surface area contributed by atoms with Gasteiger partial charge in [0.05, 0.1) is 7.11 Å². The van der Waals surface area contributed by atoms with Gasteiger partial charge in [0.25, 0.3) is 0 Å². The third kappa shape index (κ3) is 3.14. The molecule has 0 spiro atoms. The van der Waals surface area contributed by atoms with Gasteiger partial charge in [0, 0.05) is 10.9 Å². The third-order valence-electron chi connectivity index (χ3n) is 2.26. The summed E-state index contributed by atoms with van der Waals surface area (Å²) in [5.41, 5.74) is 0.984. The molecule has 0 atom stereocenters. The first-order chi connectivity index (χ1) is 8.31. The highest BCUT2D eigenvalue weighted by molar-refractivity contribution is 7.10. The molecule has 2 aromatic rings. The molecule has 0 fully saturated rings. The fourth-order valence-electron chi connectivity index (χ4n) is 1.44. The minimum absolute atomic E-state index is 0.579. The van der Waals surface area contributed by atoms with Crippen LogP contribution in [0.25, 0.3) is 12.2 Å². The van der Waals surface area contributed by atoms with Gasteiger partial charge >= 0.3 is 8.05 Å². The molecule has 1 aromatic heterocycles. The Morgan fingerprint density at radius 3 is 2.65 bits per heavy atom. The van der Waals surface area contributed by atoms with E-state index in [-0.39, 0.29) is 0 Å². The Morgan fingerprint density at radius 1 is 1.18 bits per heavy atom. The minimum Gasteiger partial charge on any atom is -0.568 e. The SMILES string of the molecule is [B]Oc1cc(/C=C/c2cccs2)cc(OC)c1. The summed E-state index contributed by atoms with van der Waals surface area (Å²) in [5.74, 6) is 1.30. The molecule has 17 heavy (non-hydrogen) atoms. The van der Waals surface area contributed by atoms with E-state index in [0.29, 0.717) is 5.75 Å². The van der Waals surface area contributed by atoms with Gasteiger partial charge in [0.1, 0.15) is 11.5 Å². The van der Waals surface area contributed by atoms with Crippen molar-refractivity contribution < 1.29 is 9.39 Å². The van der Waals surface area contributed by atoms with E-state index in [0.717, 1.165) is 11.3 Å². The van der Waals surface area contributed by atoms with Crippen molar-refractivity contribution in [2.45, 2.75) is 0 Å². The van der Waals surface area contributed by atoms with E-state index >= 15 is 0 Å². The van der Waals surface area contributed by atoms with Crippen LogP contribution in [0.2, 0.25) is 0 Å². The third-order valence-corrected chi connectivity index (χ3v) is 3.09. The monoisotopic (exact) mass is 242 g/mol. The van der Waals surface area contributed by atoms with Crippen molar-refractivity contribution in [2.75, 3.05) is 7.11 Å². The molecule has 0 aliphatic carbocycles. The van der Waals surface area contributed by atoms with Gasteiger partial charge in [-0.2, -0.15) is 0 Å². The Balaban J connectivity index is 2.25. The maximum atomic E-state index is 5.17. The summed E-state index contributed by atoms with van der Waals surface area (Å²) in [4.78, 5) is 1.20. The molecule has 2 rings (SSSR count). The average molecular weight is 242 g/mol. The topological polar surface area (TPSA) is 18.5 Å². The molecular weight excluding hydrogens is 231 g/mol. The smallest absolute Gasteiger partial charge is 0.374 e. The second-order valence-electron chi connectivity index (χ2n) is 3.41. The summed E-state index contributed by atoms with van der Waals surface area (Å²) in [6.07, 6.45) is 4.04. The fourth-order valence-corrected chi connectivity index (χ4v) is 2.06. The molecule has 2 radical (unpaired) electrons. The molecule has 0 N–H and O–H groups in total. The molecule has 0 saturated carbocycles. The maximum absolute atomic E-state index is 5.17. The zero-order chi connectivity index (χ0) is 12.1. The number of hydrogen-bond donors (Lipinski definition) is 0. The second-order valence-corrected chi connectivity index (χ2v) is 4.39. The minimum atomic E-state index is 0.579. The second kappa shape index (κ2) is 5.59. The van der Waals surface area contributed by atoms with Gasteiger partial charge in [0.2, 0.25) is 0 Å². The quantitative estimate of drug-likeness (QED) is 0.765. The Morgan fingerprint density at radius 2 is 2.00 bits per heavy atom. The van der Waals surface area contributed by atoms with Gasteiger partial charge in [-0.25, -0.2) is 0 Å². The molecule has 0 aliphatic heterocycles. The number of benzene rings is 1. The van der Waals surface area contributed by atoms with E-state index in [4.69, 9.17) is 17.4 Å². The van der Waals surface area contributed by atoms with Gasteiger partial charge in [0.15, 0.2) is 0 Å². The van der Waals surface area contributed by atoms with Crippen LogP contribution < -0.4 is 9.39 Å². The molecule has 0 aliphatic rings. The first-order valence-corrected chi connectivity index (χ1v) is 5.97. The van der Waals surface area contributed by atoms with Crippen molar-refractivity contribution in [3.63, 3.8) is 0 Å². The lowest BCUT2D eigenvalue weighted by Crippen LogP contribution is -1.89. The van der Waals surface area contributed by atoms with Crippen molar-refractivity contribution >= 4 is 31.5 Å². The van der Waals surface area contributed by atoms with Gasteiger partial charge in [-0.15, -0.1) is 11.3 Å². The summed E-state index contributed by atoms with van der Waals surface area (Å²) in [6, 6.07) is 9.59. The number of thiophene rings is 1. The molecule has 1 heterocycles. The summed E-state index contributed by atoms with van der Waals surface area (Å²) in [6.45, 7) is 0. The molecule has 84 valence electrons. The van der Waals surface area contributed by atoms with E-state index in [1.807, 2.05) is 35.7 Å². The summed E-state index contributed by atoms with van der Waals surface area (Å²) in [5, 5.41) is 2.04. The lowest BCUT2D eigenvalue weighted by Gasteiger charge is -2.06. The van der Waals surface area contributed by atoms with Gasteiger partial charge in [-0.3, -0.25) is 0 Å². The number of hydrogen-bond acceptors (Lipinski definition) is 3. The number of methoxy groups -OCH3 is 1. The van der Waals surface area contributed by atoms with Gasteiger partial charge in [-0.05, 0) is 35.2 Å². The first kappa shape index (κ1) is 11.8. The van der Waals surface area contributed by atoms with Crippen molar-refractivity contribution in [2.24, 2.45) is 0 Å². The zero-order valence-corrected chi connectivity index (χ0v) is 10.2. The van der Waals surface area contributed by atoms with Crippen molar-refractivity contribution in [3.05, 3.63) is 46.2 Å². The molecule has 1 aromatic carbocycles. The molecule has 0 saturated heterocycles. The Bertz CT molecular complexity index is 484. The molecule has 0 amide bonds. The van der Waals surface area contributed by atoms with E-state index < -0.39 is 0 Å². The maximum Gasteiger partial charge on any atom is 0.374 e. The Hall–Kier alpha value is -1.68. The van der Waals surface area contributed by atoms with Crippen LogP contribution in [0.4, 0.5) is 0 Å². The largest absolute Gasteiger partial charge is 0.568 e. The predicted octanol–water partition coefficient (Wildman–Crippen LogP) is 3.39. The highest BCUT2D eigenvalue weighted by Crippen LogP contribution is 2.24. The van der Waals surface area contributed by atoms with Crippen molar-refractivity contribution in [1.82, 2.24) is 0 Å². The number of rotatable bonds is 4. The van der Waals surface area contributed by atoms with Gasteiger partial charge in [-0.1, -0.05) is 12.1 Å². The van der Waals surface area contributed by atoms with E-state index in [9.17, 15) is 0 Å². The van der Waals surface area contributed by atoms with Crippen LogP contribution in [-0.4, -0.2) is 15.2 Å². The van der Waals surface area contributed by atoms with Crippen molar-refractivity contribution in [3.8, 4) is 11.5 Å². The van der Waals surface area contributed by atoms with Crippen LogP contribution in [0.15, 0.2) is 35.7 Å². The summed E-state index contributed by atoms with van der Waals surface area (Å²) < 4.78 is 9.89. The standard InChI is InChI=1S/C13H11BO2S/c1-15-11-7-10(8-12(9-11)16-14)4-5-13-3-2-6-17-13/h2-9H,1H3/b5-4+. The Labute approximate surface area is 106 Å². The predicted molar refractivity (Wildman–Crippen MR) is 72.6 cm³/mol. The molecule has 0 bridgehead atoms. The van der Waals surface area contributed by atoms with E-state index in [1.54, 1.807) is 24.5 Å². The summed E-state index contributed by atoms with van der Waals surface area (Å²) in [7, 11) is 6.77. The average Bonchev–Trinajstić information content (AvgIpc) is 2.89. The molecular formula is C13H11BO2S. The van der Waals surface area contributed by atoms with Crippen LogP contribution in [0.1, 0.15) is 10.4 Å². The normalized spacial score (nSPS) is 10.6. The lowest BCUT2D eigenvalue weighted by atomic mass is 10.1. The fraction of sp³-hybridized carbons (Fsp3) is 0.0769. The number of ether oxygens (including phenoxy) is 1. The zero-order valence-electron chi connectivity index (χ0n) is 9.42. The lowest BCUT2D eigenvalue weighted by molar-refractivity contribution is 0.412.